The quantitative estimate of drug-likeness (QED) is 0.738. The van der Waals surface area contributed by atoms with Crippen LogP contribution in [0, 0.1) is 0 Å². The van der Waals surface area contributed by atoms with E-state index >= 15 is 0 Å². The van der Waals surface area contributed by atoms with E-state index in [2.05, 4.69) is 5.32 Å². The standard InChI is InChI=1S/C21H31BN2O5/c1-20(2)21(3,4)29-22(28-20)16-10-8-15(9-11-16)14-17(23-19(26)27)18(25)24-12-6-5-7-13-24/h8-11,17,23H,5-7,12-14H2,1-4H3,(H,26,27). The van der Waals surface area contributed by atoms with Gasteiger partial charge in [0.15, 0.2) is 0 Å². The van der Waals surface area contributed by atoms with Crippen LogP contribution in [0.4, 0.5) is 4.79 Å². The van der Waals surface area contributed by atoms with Crippen molar-refractivity contribution in [2.45, 2.75) is 70.6 Å². The number of carbonyl (C=O) groups is 2. The van der Waals surface area contributed by atoms with Crippen LogP contribution in [0.15, 0.2) is 24.3 Å². The Kier molecular flexibility index (Phi) is 6.24. The van der Waals surface area contributed by atoms with Crippen molar-refractivity contribution in [2.24, 2.45) is 0 Å². The van der Waals surface area contributed by atoms with Crippen molar-refractivity contribution in [3.63, 3.8) is 0 Å². The van der Waals surface area contributed by atoms with E-state index in [1.807, 2.05) is 52.0 Å². The van der Waals surface area contributed by atoms with E-state index in [1.165, 1.54) is 0 Å². The molecule has 2 amide bonds. The highest BCUT2D eigenvalue weighted by molar-refractivity contribution is 6.62. The van der Waals surface area contributed by atoms with Crippen molar-refractivity contribution in [3.8, 4) is 0 Å². The van der Waals surface area contributed by atoms with Crippen LogP contribution in [0.2, 0.25) is 0 Å². The Labute approximate surface area is 172 Å². The van der Waals surface area contributed by atoms with Gasteiger partial charge in [0.1, 0.15) is 6.04 Å². The molecular weight excluding hydrogens is 371 g/mol. The summed E-state index contributed by atoms with van der Waals surface area (Å²) in [6.45, 7) is 9.42. The average Bonchev–Trinajstić information content (AvgIpc) is 2.89. The number of carbonyl (C=O) groups excluding carboxylic acids is 1. The molecule has 0 radical (unpaired) electrons. The number of nitrogens with one attached hydrogen (secondary N) is 1. The molecule has 158 valence electrons. The zero-order valence-corrected chi connectivity index (χ0v) is 17.7. The number of piperidine rings is 1. The molecule has 0 aliphatic carbocycles. The van der Waals surface area contributed by atoms with Crippen LogP contribution in [0.3, 0.4) is 0 Å². The van der Waals surface area contributed by atoms with E-state index in [4.69, 9.17) is 9.31 Å². The third-order valence-electron chi connectivity index (χ3n) is 6.21. The van der Waals surface area contributed by atoms with Gasteiger partial charge in [-0.05, 0) is 58.0 Å². The second-order valence-electron chi connectivity index (χ2n) is 8.92. The summed E-state index contributed by atoms with van der Waals surface area (Å²) in [5, 5.41) is 11.6. The lowest BCUT2D eigenvalue weighted by Gasteiger charge is -2.32. The third-order valence-corrected chi connectivity index (χ3v) is 6.21. The van der Waals surface area contributed by atoms with Gasteiger partial charge in [0.05, 0.1) is 11.2 Å². The van der Waals surface area contributed by atoms with Crippen molar-refractivity contribution >= 4 is 24.6 Å². The average molecular weight is 402 g/mol. The van der Waals surface area contributed by atoms with E-state index in [0.717, 1.165) is 30.3 Å². The molecule has 0 saturated carbocycles. The highest BCUT2D eigenvalue weighted by atomic mass is 16.7. The molecule has 2 N–H and O–H groups in total. The number of benzene rings is 1. The van der Waals surface area contributed by atoms with Gasteiger partial charge in [-0.2, -0.15) is 0 Å². The molecule has 0 spiro atoms. The second kappa shape index (κ2) is 8.36. The van der Waals surface area contributed by atoms with Crippen LogP contribution in [0.5, 0.6) is 0 Å². The molecule has 3 rings (SSSR count). The largest absolute Gasteiger partial charge is 0.494 e. The van der Waals surface area contributed by atoms with Crippen LogP contribution >= 0.6 is 0 Å². The summed E-state index contributed by atoms with van der Waals surface area (Å²) in [5.74, 6) is -0.151. The normalized spacial score (nSPS) is 21.7. The number of rotatable bonds is 5. The van der Waals surface area contributed by atoms with Crippen molar-refractivity contribution in [1.29, 1.82) is 0 Å². The maximum atomic E-state index is 12.8. The van der Waals surface area contributed by atoms with Gasteiger partial charge in [0.25, 0.3) is 0 Å². The van der Waals surface area contributed by atoms with Gasteiger partial charge in [-0.1, -0.05) is 24.3 Å². The van der Waals surface area contributed by atoms with E-state index in [1.54, 1.807) is 4.90 Å². The van der Waals surface area contributed by atoms with Gasteiger partial charge in [0.2, 0.25) is 5.91 Å². The Hall–Kier alpha value is -2.06. The number of carboxylic acid groups (broad SMARTS) is 1. The monoisotopic (exact) mass is 402 g/mol. The summed E-state index contributed by atoms with van der Waals surface area (Å²) >= 11 is 0. The SMILES string of the molecule is CC1(C)OB(c2ccc(CC(NC(=O)O)C(=O)N3CCCCC3)cc2)OC1(C)C. The Morgan fingerprint density at radius 1 is 1.07 bits per heavy atom. The maximum Gasteiger partial charge on any atom is 0.494 e. The Bertz CT molecular complexity index is 728. The number of likely N-dealkylation sites (tertiary alicyclic amines) is 1. The fourth-order valence-electron chi connectivity index (χ4n) is 3.71. The van der Waals surface area contributed by atoms with Crippen LogP contribution in [0.25, 0.3) is 0 Å². The van der Waals surface area contributed by atoms with Gasteiger partial charge in [0, 0.05) is 19.5 Å². The smallest absolute Gasteiger partial charge is 0.465 e. The first-order valence-electron chi connectivity index (χ1n) is 10.3. The summed E-state index contributed by atoms with van der Waals surface area (Å²) in [7, 11) is -0.447. The van der Waals surface area contributed by atoms with E-state index in [9.17, 15) is 14.7 Å². The van der Waals surface area contributed by atoms with Gasteiger partial charge in [-0.3, -0.25) is 4.79 Å². The van der Waals surface area contributed by atoms with Gasteiger partial charge >= 0.3 is 13.2 Å². The molecule has 29 heavy (non-hydrogen) atoms. The van der Waals surface area contributed by atoms with Crippen LogP contribution in [0.1, 0.15) is 52.5 Å². The highest BCUT2D eigenvalue weighted by Gasteiger charge is 2.51. The first-order chi connectivity index (χ1) is 13.6. The second-order valence-corrected chi connectivity index (χ2v) is 8.92. The number of amides is 2. The fourth-order valence-corrected chi connectivity index (χ4v) is 3.71. The maximum absolute atomic E-state index is 12.8. The first-order valence-corrected chi connectivity index (χ1v) is 10.3. The number of hydrogen-bond acceptors (Lipinski definition) is 4. The van der Waals surface area contributed by atoms with Crippen LogP contribution < -0.4 is 10.8 Å². The zero-order chi connectivity index (χ0) is 21.2. The third kappa shape index (κ3) is 4.93. The molecule has 2 aliphatic heterocycles. The van der Waals surface area contributed by atoms with Crippen molar-refractivity contribution in [2.75, 3.05) is 13.1 Å². The van der Waals surface area contributed by atoms with Gasteiger partial charge < -0.3 is 24.6 Å². The molecule has 1 unspecified atom stereocenters. The molecule has 2 saturated heterocycles. The van der Waals surface area contributed by atoms with E-state index < -0.39 is 30.5 Å². The molecular formula is C21H31BN2O5. The molecule has 0 bridgehead atoms. The minimum absolute atomic E-state index is 0.151. The first kappa shape index (κ1) is 21.6. The number of nitrogens with zero attached hydrogens (tertiary/aromatic N) is 1. The van der Waals surface area contributed by atoms with E-state index in [-0.39, 0.29) is 5.91 Å². The van der Waals surface area contributed by atoms with Crippen molar-refractivity contribution in [1.82, 2.24) is 10.2 Å². The highest BCUT2D eigenvalue weighted by Crippen LogP contribution is 2.36. The molecule has 0 aromatic heterocycles. The minimum Gasteiger partial charge on any atom is -0.465 e. The van der Waals surface area contributed by atoms with E-state index in [0.29, 0.717) is 19.5 Å². The molecule has 2 fully saturated rings. The molecule has 1 aromatic rings. The summed E-state index contributed by atoms with van der Waals surface area (Å²) in [6, 6.07) is 6.86. The summed E-state index contributed by atoms with van der Waals surface area (Å²) in [4.78, 5) is 25.8. The molecule has 1 atom stereocenters. The number of hydrogen-bond donors (Lipinski definition) is 2. The lowest BCUT2D eigenvalue weighted by molar-refractivity contribution is -0.134. The van der Waals surface area contributed by atoms with Gasteiger partial charge in [-0.25, -0.2) is 4.79 Å². The topological polar surface area (TPSA) is 88.1 Å². The predicted molar refractivity (Wildman–Crippen MR) is 111 cm³/mol. The predicted octanol–water partition coefficient (Wildman–Crippen LogP) is 2.18. The summed E-state index contributed by atoms with van der Waals surface area (Å²) < 4.78 is 12.1. The Morgan fingerprint density at radius 2 is 1.62 bits per heavy atom. The summed E-state index contributed by atoms with van der Waals surface area (Å²) in [5.41, 5.74) is 0.966. The fraction of sp³-hybridized carbons (Fsp3) is 0.619. The zero-order valence-electron chi connectivity index (χ0n) is 17.7. The molecule has 8 heteroatoms. The van der Waals surface area contributed by atoms with Crippen LogP contribution in [-0.4, -0.2) is 59.5 Å². The lowest BCUT2D eigenvalue weighted by Crippen LogP contribution is -2.50. The van der Waals surface area contributed by atoms with Crippen LogP contribution in [-0.2, 0) is 20.5 Å². The summed E-state index contributed by atoms with van der Waals surface area (Å²) in [6.07, 6.45) is 2.17. The Balaban J connectivity index is 1.69. The minimum atomic E-state index is -1.19. The molecule has 2 heterocycles. The van der Waals surface area contributed by atoms with Crippen molar-refractivity contribution < 1.29 is 24.0 Å². The molecule has 7 nitrogen and oxygen atoms in total. The molecule has 1 aromatic carbocycles. The van der Waals surface area contributed by atoms with Gasteiger partial charge in [-0.15, -0.1) is 0 Å². The Morgan fingerprint density at radius 3 is 2.14 bits per heavy atom. The van der Waals surface area contributed by atoms with Crippen molar-refractivity contribution in [3.05, 3.63) is 29.8 Å². The molecule has 2 aliphatic rings. The lowest BCUT2D eigenvalue weighted by atomic mass is 9.78.